The number of nitrogens with zero attached hydrogens (tertiary/aromatic N) is 1. The smallest absolute Gasteiger partial charge is 0.289 e. The van der Waals surface area contributed by atoms with Crippen LogP contribution in [0.2, 0.25) is 0 Å². The van der Waals surface area contributed by atoms with Gasteiger partial charge in [-0.3, -0.25) is 4.79 Å². The maximum absolute atomic E-state index is 13.1. The predicted molar refractivity (Wildman–Crippen MR) is 106 cm³/mol. The Morgan fingerprint density at radius 2 is 2.00 bits per heavy atom. The average molecular weight is 372 g/mol. The largest absolute Gasteiger partial charge is 0.463 e. The molecule has 0 saturated heterocycles. The third-order valence-electron chi connectivity index (χ3n) is 4.69. The van der Waals surface area contributed by atoms with E-state index in [1.54, 1.807) is 24.5 Å². The molecule has 0 fully saturated rings. The lowest BCUT2D eigenvalue weighted by molar-refractivity contribution is 0.344. The lowest BCUT2D eigenvalue weighted by Crippen LogP contribution is -2.06. The van der Waals surface area contributed by atoms with Crippen molar-refractivity contribution >= 4 is 22.0 Å². The van der Waals surface area contributed by atoms with Gasteiger partial charge in [0.15, 0.2) is 0 Å². The summed E-state index contributed by atoms with van der Waals surface area (Å²) in [7, 11) is 0. The summed E-state index contributed by atoms with van der Waals surface area (Å²) in [6.07, 6.45) is 3.67. The summed E-state index contributed by atoms with van der Waals surface area (Å²) in [6.45, 7) is 2.00. The van der Waals surface area contributed by atoms with E-state index in [0.29, 0.717) is 40.5 Å². The number of para-hydroxylation sites is 2. The van der Waals surface area contributed by atoms with Crippen LogP contribution in [0.3, 0.4) is 0 Å². The van der Waals surface area contributed by atoms with Crippen LogP contribution < -0.4 is 10.2 Å². The molecule has 6 heteroatoms. The summed E-state index contributed by atoms with van der Waals surface area (Å²) < 4.78 is 16.8. The summed E-state index contributed by atoms with van der Waals surface area (Å²) in [4.78, 5) is 20.8. The Bertz CT molecular complexity index is 1310. The Morgan fingerprint density at radius 1 is 1.11 bits per heavy atom. The fourth-order valence-electron chi connectivity index (χ4n) is 3.25. The van der Waals surface area contributed by atoms with Crippen LogP contribution in [-0.2, 0) is 6.42 Å². The molecule has 5 aromatic rings. The molecule has 3 heterocycles. The van der Waals surface area contributed by atoms with Crippen LogP contribution >= 0.6 is 0 Å². The lowest BCUT2D eigenvalue weighted by Gasteiger charge is -2.09. The molecule has 0 amide bonds. The number of benzene rings is 2. The van der Waals surface area contributed by atoms with Crippen molar-refractivity contribution in [2.75, 3.05) is 0 Å². The van der Waals surface area contributed by atoms with Crippen LogP contribution in [0.1, 0.15) is 12.5 Å². The standard InChI is InChI=1S/C22H16N2O4/c1-2-13-10-14-19(11-18(13)28-20-8-5-9-26-20)27-12-15(21(14)25)22-23-16-6-3-4-7-17(16)24-22/h3-12H,2H2,1H3,(H,23,24). The fraction of sp³-hybridized carbons (Fsp3) is 0.0909. The van der Waals surface area contributed by atoms with Crippen molar-refractivity contribution in [3.8, 4) is 23.1 Å². The molecule has 0 bridgehead atoms. The van der Waals surface area contributed by atoms with E-state index < -0.39 is 0 Å². The van der Waals surface area contributed by atoms with Gasteiger partial charge >= 0.3 is 0 Å². The van der Waals surface area contributed by atoms with E-state index in [1.165, 1.54) is 6.26 Å². The number of furan rings is 1. The van der Waals surface area contributed by atoms with Crippen molar-refractivity contribution in [1.29, 1.82) is 0 Å². The molecule has 0 aliphatic carbocycles. The van der Waals surface area contributed by atoms with Gasteiger partial charge in [-0.05, 0) is 36.2 Å². The molecule has 0 saturated carbocycles. The summed E-state index contributed by atoms with van der Waals surface area (Å²) in [5.41, 5.74) is 3.26. The zero-order chi connectivity index (χ0) is 19.1. The number of aromatic amines is 1. The number of imidazole rings is 1. The van der Waals surface area contributed by atoms with E-state index in [4.69, 9.17) is 13.6 Å². The summed E-state index contributed by atoms with van der Waals surface area (Å²) in [6, 6.07) is 14.6. The Kier molecular flexibility index (Phi) is 3.76. The highest BCUT2D eigenvalue weighted by molar-refractivity contribution is 5.85. The Labute approximate surface area is 159 Å². The lowest BCUT2D eigenvalue weighted by atomic mass is 10.1. The number of H-pyrrole nitrogens is 1. The topological polar surface area (TPSA) is 81.3 Å². The van der Waals surface area contributed by atoms with Crippen LogP contribution in [0.4, 0.5) is 0 Å². The molecule has 0 aliphatic rings. The number of rotatable bonds is 4. The maximum atomic E-state index is 13.1. The third kappa shape index (κ3) is 2.66. The number of hydrogen-bond donors (Lipinski definition) is 1. The zero-order valence-electron chi connectivity index (χ0n) is 15.1. The highest BCUT2D eigenvalue weighted by Crippen LogP contribution is 2.31. The summed E-state index contributed by atoms with van der Waals surface area (Å²) in [5.74, 6) is 1.48. The molecular formula is C22H16N2O4. The molecule has 0 aliphatic heterocycles. The van der Waals surface area contributed by atoms with Crippen molar-refractivity contribution in [2.24, 2.45) is 0 Å². The number of aromatic nitrogens is 2. The van der Waals surface area contributed by atoms with Crippen LogP contribution in [0.25, 0.3) is 33.4 Å². The molecular weight excluding hydrogens is 356 g/mol. The van der Waals surface area contributed by atoms with E-state index in [2.05, 4.69) is 9.97 Å². The van der Waals surface area contributed by atoms with Crippen molar-refractivity contribution < 1.29 is 13.6 Å². The van der Waals surface area contributed by atoms with Crippen molar-refractivity contribution in [1.82, 2.24) is 9.97 Å². The first-order valence-corrected chi connectivity index (χ1v) is 8.98. The van der Waals surface area contributed by atoms with Gasteiger partial charge in [-0.15, -0.1) is 0 Å². The normalized spacial score (nSPS) is 11.3. The van der Waals surface area contributed by atoms with Gasteiger partial charge in [-0.2, -0.15) is 0 Å². The third-order valence-corrected chi connectivity index (χ3v) is 4.69. The molecule has 0 atom stereocenters. The quantitative estimate of drug-likeness (QED) is 0.464. The number of aryl methyl sites for hydroxylation is 1. The van der Waals surface area contributed by atoms with Crippen molar-refractivity contribution in [2.45, 2.75) is 13.3 Å². The van der Waals surface area contributed by atoms with Gasteiger partial charge in [0, 0.05) is 12.1 Å². The van der Waals surface area contributed by atoms with Gasteiger partial charge < -0.3 is 18.6 Å². The van der Waals surface area contributed by atoms with Crippen LogP contribution in [0.5, 0.6) is 11.7 Å². The van der Waals surface area contributed by atoms with Crippen molar-refractivity contribution in [3.63, 3.8) is 0 Å². The highest BCUT2D eigenvalue weighted by atomic mass is 16.6. The van der Waals surface area contributed by atoms with E-state index in [1.807, 2.05) is 37.3 Å². The SMILES string of the molecule is CCc1cc2c(=O)c(-c3nc4ccccc4[nH]3)coc2cc1Oc1ccco1. The second kappa shape index (κ2) is 6.42. The monoisotopic (exact) mass is 372 g/mol. The Morgan fingerprint density at radius 3 is 2.79 bits per heavy atom. The van der Waals surface area contributed by atoms with Gasteiger partial charge in [0.2, 0.25) is 5.43 Å². The van der Waals surface area contributed by atoms with E-state index in [0.717, 1.165) is 16.6 Å². The minimum atomic E-state index is -0.139. The molecule has 138 valence electrons. The maximum Gasteiger partial charge on any atom is 0.289 e. The molecule has 28 heavy (non-hydrogen) atoms. The molecule has 0 radical (unpaired) electrons. The van der Waals surface area contributed by atoms with E-state index >= 15 is 0 Å². The van der Waals surface area contributed by atoms with Gasteiger partial charge in [-0.25, -0.2) is 4.98 Å². The first-order chi connectivity index (χ1) is 13.7. The molecule has 3 aromatic heterocycles. The summed E-state index contributed by atoms with van der Waals surface area (Å²) >= 11 is 0. The second-order valence-electron chi connectivity index (χ2n) is 6.42. The number of hydrogen-bond acceptors (Lipinski definition) is 5. The van der Waals surface area contributed by atoms with Gasteiger partial charge in [-0.1, -0.05) is 19.1 Å². The van der Waals surface area contributed by atoms with Crippen LogP contribution in [-0.4, -0.2) is 9.97 Å². The first kappa shape index (κ1) is 16.4. The van der Waals surface area contributed by atoms with Gasteiger partial charge in [0.05, 0.1) is 22.7 Å². The Hall–Kier alpha value is -3.80. The van der Waals surface area contributed by atoms with Crippen LogP contribution in [0.15, 0.2) is 74.7 Å². The summed E-state index contributed by atoms with van der Waals surface area (Å²) in [5, 5.41) is 0.488. The predicted octanol–water partition coefficient (Wildman–Crippen LogP) is 5.28. The molecule has 1 N–H and O–H groups in total. The second-order valence-corrected chi connectivity index (χ2v) is 6.42. The number of fused-ring (bicyclic) bond motifs is 2. The van der Waals surface area contributed by atoms with E-state index in [-0.39, 0.29) is 5.43 Å². The van der Waals surface area contributed by atoms with Gasteiger partial charge in [0.1, 0.15) is 29.0 Å². The van der Waals surface area contributed by atoms with Crippen LogP contribution in [0, 0.1) is 0 Å². The molecule has 5 rings (SSSR count). The highest BCUT2D eigenvalue weighted by Gasteiger charge is 2.16. The molecule has 0 spiro atoms. The van der Waals surface area contributed by atoms with Crippen molar-refractivity contribution in [3.05, 3.63) is 76.8 Å². The zero-order valence-corrected chi connectivity index (χ0v) is 15.1. The minimum Gasteiger partial charge on any atom is -0.463 e. The Balaban J connectivity index is 1.65. The van der Waals surface area contributed by atoms with E-state index in [9.17, 15) is 4.79 Å². The fourth-order valence-corrected chi connectivity index (χ4v) is 3.25. The minimum absolute atomic E-state index is 0.139. The number of nitrogens with one attached hydrogen (secondary N) is 1. The molecule has 0 unspecified atom stereocenters. The molecule has 2 aromatic carbocycles. The molecule has 6 nitrogen and oxygen atoms in total. The number of ether oxygens (including phenoxy) is 1. The first-order valence-electron chi connectivity index (χ1n) is 8.98. The van der Waals surface area contributed by atoms with Gasteiger partial charge in [0.25, 0.3) is 5.95 Å². The average Bonchev–Trinajstić information content (AvgIpc) is 3.37.